The third kappa shape index (κ3) is 3.44. The summed E-state index contributed by atoms with van der Waals surface area (Å²) in [6.45, 7) is 4.03. The van der Waals surface area contributed by atoms with Gasteiger partial charge in [-0.15, -0.1) is 0 Å². The maximum absolute atomic E-state index is 13.0. The average Bonchev–Trinajstić information content (AvgIpc) is 2.68. The van der Waals surface area contributed by atoms with E-state index in [1.807, 2.05) is 74.5 Å². The minimum absolute atomic E-state index is 0.379. The summed E-state index contributed by atoms with van der Waals surface area (Å²) in [5, 5.41) is 0.813. The molecule has 0 saturated carbocycles. The quantitative estimate of drug-likeness (QED) is 0.348. The van der Waals surface area contributed by atoms with Gasteiger partial charge in [-0.25, -0.2) is 9.78 Å². The predicted molar refractivity (Wildman–Crippen MR) is 108 cm³/mol. The van der Waals surface area contributed by atoms with E-state index in [-0.39, 0.29) is 5.97 Å². The first-order valence-electron chi connectivity index (χ1n) is 8.86. The topological polar surface area (TPSA) is 39.2 Å². The molecule has 0 unspecified atom stereocenters. The van der Waals surface area contributed by atoms with E-state index in [1.165, 1.54) is 0 Å². The van der Waals surface area contributed by atoms with Crippen molar-refractivity contribution in [2.24, 2.45) is 0 Å². The van der Waals surface area contributed by atoms with E-state index in [9.17, 15) is 4.79 Å². The Labute approximate surface area is 158 Å². The summed E-state index contributed by atoms with van der Waals surface area (Å²) in [6, 6.07) is 24.9. The first-order valence-corrected chi connectivity index (χ1v) is 8.86. The third-order valence-electron chi connectivity index (χ3n) is 4.49. The molecule has 0 fully saturated rings. The van der Waals surface area contributed by atoms with E-state index in [0.717, 1.165) is 33.3 Å². The molecule has 0 amide bonds. The van der Waals surface area contributed by atoms with Gasteiger partial charge in [-0.1, -0.05) is 60.2 Å². The van der Waals surface area contributed by atoms with Crippen LogP contribution in [0.1, 0.15) is 21.5 Å². The Balaban J connectivity index is 1.90. The van der Waals surface area contributed by atoms with Crippen molar-refractivity contribution in [1.29, 1.82) is 0 Å². The summed E-state index contributed by atoms with van der Waals surface area (Å²) in [7, 11) is 0. The molecular weight excluding hydrogens is 334 g/mol. The molecule has 1 aromatic heterocycles. The van der Waals surface area contributed by atoms with Crippen molar-refractivity contribution in [3.8, 4) is 17.0 Å². The molecule has 27 heavy (non-hydrogen) atoms. The standard InChI is InChI=1S/C24H19NO2/c1-16-13-17(2)23-20(14-16)21(24(26)27-19-11-7-4-8-12-19)15-22(25-23)18-9-5-3-6-10-18/h3-15H,1-2H3. The van der Waals surface area contributed by atoms with Gasteiger partial charge in [0.2, 0.25) is 0 Å². The van der Waals surface area contributed by atoms with Crippen molar-refractivity contribution in [3.63, 3.8) is 0 Å². The lowest BCUT2D eigenvalue weighted by Gasteiger charge is -2.12. The van der Waals surface area contributed by atoms with Gasteiger partial charge < -0.3 is 4.74 Å². The number of carbonyl (C=O) groups is 1. The van der Waals surface area contributed by atoms with Crippen molar-refractivity contribution in [1.82, 2.24) is 4.98 Å². The number of nitrogens with zero attached hydrogens (tertiary/aromatic N) is 1. The highest BCUT2D eigenvalue weighted by atomic mass is 16.5. The predicted octanol–water partition coefficient (Wildman–Crippen LogP) is 5.74. The zero-order valence-electron chi connectivity index (χ0n) is 15.3. The Kier molecular flexibility index (Phi) is 4.43. The molecule has 4 rings (SSSR count). The maximum Gasteiger partial charge on any atom is 0.344 e. The lowest BCUT2D eigenvalue weighted by Crippen LogP contribution is -2.10. The van der Waals surface area contributed by atoms with Crippen LogP contribution in [0.15, 0.2) is 78.9 Å². The van der Waals surface area contributed by atoms with E-state index in [2.05, 4.69) is 6.07 Å². The summed E-state index contributed by atoms with van der Waals surface area (Å²) in [4.78, 5) is 17.8. The molecular formula is C24H19NO2. The van der Waals surface area contributed by atoms with E-state index >= 15 is 0 Å². The average molecular weight is 353 g/mol. The normalized spacial score (nSPS) is 10.7. The number of ether oxygens (including phenoxy) is 1. The lowest BCUT2D eigenvalue weighted by molar-refractivity contribution is 0.0737. The molecule has 132 valence electrons. The van der Waals surface area contributed by atoms with Crippen LogP contribution >= 0.6 is 0 Å². The second-order valence-corrected chi connectivity index (χ2v) is 6.60. The van der Waals surface area contributed by atoms with Crippen LogP contribution in [0.4, 0.5) is 0 Å². The lowest BCUT2D eigenvalue weighted by atomic mass is 10.00. The van der Waals surface area contributed by atoms with E-state index in [4.69, 9.17) is 9.72 Å². The van der Waals surface area contributed by atoms with Gasteiger partial charge in [-0.3, -0.25) is 0 Å². The first kappa shape index (κ1) is 17.0. The van der Waals surface area contributed by atoms with Crippen molar-refractivity contribution in [2.45, 2.75) is 13.8 Å². The second kappa shape index (κ2) is 7.04. The molecule has 0 N–H and O–H groups in total. The molecule has 3 heteroatoms. The fraction of sp³-hybridized carbons (Fsp3) is 0.0833. The summed E-state index contributed by atoms with van der Waals surface area (Å²) in [5.74, 6) is 0.147. The Morgan fingerprint density at radius 2 is 1.52 bits per heavy atom. The molecule has 3 aromatic carbocycles. The minimum atomic E-state index is -0.379. The number of benzene rings is 3. The summed E-state index contributed by atoms with van der Waals surface area (Å²) >= 11 is 0. The van der Waals surface area contributed by atoms with Crippen molar-refractivity contribution in [2.75, 3.05) is 0 Å². The second-order valence-electron chi connectivity index (χ2n) is 6.60. The summed E-state index contributed by atoms with van der Waals surface area (Å²) in [5.41, 5.74) is 5.19. The van der Waals surface area contributed by atoms with Gasteiger partial charge in [-0.05, 0) is 43.7 Å². The Bertz CT molecular complexity index is 1120. The highest BCUT2D eigenvalue weighted by Crippen LogP contribution is 2.28. The number of para-hydroxylation sites is 1. The van der Waals surface area contributed by atoms with E-state index in [0.29, 0.717) is 11.3 Å². The van der Waals surface area contributed by atoms with Crippen LogP contribution in [-0.4, -0.2) is 11.0 Å². The van der Waals surface area contributed by atoms with Gasteiger partial charge in [0.05, 0.1) is 16.8 Å². The van der Waals surface area contributed by atoms with Crippen molar-refractivity contribution < 1.29 is 9.53 Å². The van der Waals surface area contributed by atoms with Crippen LogP contribution in [0, 0.1) is 13.8 Å². The number of hydrogen-bond acceptors (Lipinski definition) is 3. The van der Waals surface area contributed by atoms with Crippen LogP contribution in [0.25, 0.3) is 22.2 Å². The number of esters is 1. The molecule has 0 saturated heterocycles. The third-order valence-corrected chi connectivity index (χ3v) is 4.49. The SMILES string of the molecule is Cc1cc(C)c2nc(-c3ccccc3)cc(C(=O)Oc3ccccc3)c2c1. The fourth-order valence-corrected chi connectivity index (χ4v) is 3.26. The van der Waals surface area contributed by atoms with Crippen molar-refractivity contribution >= 4 is 16.9 Å². The molecule has 0 spiro atoms. The van der Waals surface area contributed by atoms with Gasteiger partial charge >= 0.3 is 5.97 Å². The van der Waals surface area contributed by atoms with Crippen LogP contribution < -0.4 is 4.74 Å². The molecule has 0 aliphatic heterocycles. The Morgan fingerprint density at radius 3 is 2.22 bits per heavy atom. The maximum atomic E-state index is 13.0. The Hall–Kier alpha value is -3.46. The van der Waals surface area contributed by atoms with Gasteiger partial charge in [0.15, 0.2) is 0 Å². The smallest absolute Gasteiger partial charge is 0.344 e. The number of pyridine rings is 1. The molecule has 4 aromatic rings. The molecule has 1 heterocycles. The van der Waals surface area contributed by atoms with Crippen LogP contribution in [-0.2, 0) is 0 Å². The molecule has 0 aliphatic carbocycles. The summed E-state index contributed by atoms with van der Waals surface area (Å²) < 4.78 is 5.61. The zero-order chi connectivity index (χ0) is 18.8. The molecule has 0 atom stereocenters. The van der Waals surface area contributed by atoms with Gasteiger partial charge in [-0.2, -0.15) is 0 Å². The molecule has 3 nitrogen and oxygen atoms in total. The van der Waals surface area contributed by atoms with Gasteiger partial charge in [0.1, 0.15) is 5.75 Å². The monoisotopic (exact) mass is 353 g/mol. The summed E-state index contributed by atoms with van der Waals surface area (Å²) in [6.07, 6.45) is 0. The van der Waals surface area contributed by atoms with Crippen LogP contribution in [0.3, 0.4) is 0 Å². The Morgan fingerprint density at radius 1 is 0.852 bits per heavy atom. The number of fused-ring (bicyclic) bond motifs is 1. The first-order chi connectivity index (χ1) is 13.1. The number of hydrogen-bond donors (Lipinski definition) is 0. The fourth-order valence-electron chi connectivity index (χ4n) is 3.26. The number of aryl methyl sites for hydroxylation is 2. The molecule has 0 radical (unpaired) electrons. The van der Waals surface area contributed by atoms with Crippen LogP contribution in [0.5, 0.6) is 5.75 Å². The van der Waals surface area contributed by atoms with Gasteiger partial charge in [0.25, 0.3) is 0 Å². The number of carbonyl (C=O) groups excluding carboxylic acids is 1. The van der Waals surface area contributed by atoms with Gasteiger partial charge in [0, 0.05) is 10.9 Å². The highest BCUT2D eigenvalue weighted by molar-refractivity contribution is 6.06. The number of rotatable bonds is 3. The molecule has 0 aliphatic rings. The molecule has 0 bridgehead atoms. The number of aromatic nitrogens is 1. The minimum Gasteiger partial charge on any atom is -0.423 e. The largest absolute Gasteiger partial charge is 0.423 e. The zero-order valence-corrected chi connectivity index (χ0v) is 15.3. The van der Waals surface area contributed by atoms with E-state index < -0.39 is 0 Å². The highest BCUT2D eigenvalue weighted by Gasteiger charge is 2.17. The van der Waals surface area contributed by atoms with Crippen molar-refractivity contribution in [3.05, 3.63) is 95.6 Å². The van der Waals surface area contributed by atoms with E-state index in [1.54, 1.807) is 12.1 Å². The van der Waals surface area contributed by atoms with Crippen LogP contribution in [0.2, 0.25) is 0 Å².